The van der Waals surface area contributed by atoms with E-state index in [-0.39, 0.29) is 33.5 Å². The molecule has 1 aliphatic rings. The van der Waals surface area contributed by atoms with E-state index in [1.807, 2.05) is 20.8 Å². The SMILES string of the molecule is CC(C)(C)OC(=O)N1CCC(Nc2cccc3c2c(C(F)F)cn3S(=O)(=O)c2ccc(Br)cc2)CC1. The Morgan fingerprint density at radius 3 is 2.33 bits per heavy atom. The minimum Gasteiger partial charge on any atom is -0.444 e. The van der Waals surface area contributed by atoms with E-state index in [1.165, 1.54) is 18.2 Å². The van der Waals surface area contributed by atoms with Crippen molar-refractivity contribution in [1.82, 2.24) is 8.87 Å². The highest BCUT2D eigenvalue weighted by Gasteiger charge is 2.29. The molecule has 7 nitrogen and oxygen atoms in total. The third-order valence-corrected chi connectivity index (χ3v) is 8.15. The summed E-state index contributed by atoms with van der Waals surface area (Å²) in [6.07, 6.45) is -1.05. The second-order valence-corrected chi connectivity index (χ2v) is 12.5. The van der Waals surface area contributed by atoms with Gasteiger partial charge in [0, 0.05) is 46.4 Å². The highest BCUT2D eigenvalue weighted by Crippen LogP contribution is 2.37. The lowest BCUT2D eigenvalue weighted by molar-refractivity contribution is 0.0210. The second kappa shape index (κ2) is 10.0. The van der Waals surface area contributed by atoms with Gasteiger partial charge in [0.1, 0.15) is 5.60 Å². The molecule has 0 spiro atoms. The maximum Gasteiger partial charge on any atom is 0.410 e. The minimum absolute atomic E-state index is 0.00343. The maximum absolute atomic E-state index is 14.1. The number of nitrogens with zero attached hydrogens (tertiary/aromatic N) is 2. The molecule has 1 saturated heterocycles. The Hall–Kier alpha value is -2.66. The van der Waals surface area contributed by atoms with Crippen LogP contribution >= 0.6 is 15.9 Å². The Balaban J connectivity index is 1.62. The average molecular weight is 584 g/mol. The van der Waals surface area contributed by atoms with E-state index in [0.717, 1.165) is 10.2 Å². The molecule has 11 heteroatoms. The molecule has 1 fully saturated rings. The Labute approximate surface area is 217 Å². The van der Waals surface area contributed by atoms with Crippen molar-refractivity contribution in [3.8, 4) is 0 Å². The minimum atomic E-state index is -4.10. The van der Waals surface area contributed by atoms with Gasteiger partial charge in [-0.15, -0.1) is 0 Å². The number of benzene rings is 2. The van der Waals surface area contributed by atoms with Crippen LogP contribution in [0.25, 0.3) is 10.9 Å². The van der Waals surface area contributed by atoms with E-state index in [1.54, 1.807) is 29.2 Å². The summed E-state index contributed by atoms with van der Waals surface area (Å²) >= 11 is 3.27. The monoisotopic (exact) mass is 583 g/mol. The maximum atomic E-state index is 14.1. The van der Waals surface area contributed by atoms with Crippen molar-refractivity contribution >= 4 is 48.6 Å². The topological polar surface area (TPSA) is 80.6 Å². The number of aromatic nitrogens is 1. The highest BCUT2D eigenvalue weighted by atomic mass is 79.9. The molecule has 2 heterocycles. The summed E-state index contributed by atoms with van der Waals surface area (Å²) in [6, 6.07) is 10.8. The number of fused-ring (bicyclic) bond motifs is 1. The van der Waals surface area contributed by atoms with Gasteiger partial charge in [-0.1, -0.05) is 22.0 Å². The molecule has 1 amide bonds. The summed E-state index contributed by atoms with van der Waals surface area (Å²) in [6.45, 7) is 6.35. The number of halogens is 3. The van der Waals surface area contributed by atoms with Gasteiger partial charge in [-0.05, 0) is 70.0 Å². The molecule has 4 rings (SSSR count). The first-order valence-electron chi connectivity index (χ1n) is 11.5. The zero-order valence-electron chi connectivity index (χ0n) is 20.2. The normalized spacial score (nSPS) is 15.5. The smallest absolute Gasteiger partial charge is 0.410 e. The molecular weight excluding hydrogens is 556 g/mol. The molecule has 194 valence electrons. The van der Waals surface area contributed by atoms with E-state index in [9.17, 15) is 22.0 Å². The quantitative estimate of drug-likeness (QED) is 0.376. The van der Waals surface area contributed by atoms with Crippen molar-refractivity contribution < 1.29 is 26.7 Å². The standard InChI is InChI=1S/C25H28BrF2N3O4S/c1-25(2,3)35-24(32)30-13-11-17(12-14-30)29-20-5-4-6-21-22(20)19(23(27)28)15-31(21)36(33,34)18-9-7-16(26)8-10-18/h4-10,15,17,23,29H,11-14H2,1-3H3. The molecule has 0 aliphatic carbocycles. The average Bonchev–Trinajstić information content (AvgIpc) is 3.21. The van der Waals surface area contributed by atoms with E-state index in [2.05, 4.69) is 21.2 Å². The number of ether oxygens (including phenoxy) is 1. The van der Waals surface area contributed by atoms with Crippen LogP contribution in [0.15, 0.2) is 58.0 Å². The lowest BCUT2D eigenvalue weighted by atomic mass is 10.0. The van der Waals surface area contributed by atoms with Gasteiger partial charge in [-0.25, -0.2) is 26.0 Å². The molecular formula is C25H28BrF2N3O4S. The summed E-state index contributed by atoms with van der Waals surface area (Å²) in [5.41, 5.74) is -0.343. The molecule has 1 aliphatic heterocycles. The lowest BCUT2D eigenvalue weighted by Gasteiger charge is -2.34. The molecule has 1 aromatic heterocycles. The Morgan fingerprint density at radius 2 is 1.75 bits per heavy atom. The summed E-state index contributed by atoms with van der Waals surface area (Å²) < 4.78 is 61.9. The highest BCUT2D eigenvalue weighted by molar-refractivity contribution is 9.10. The first-order chi connectivity index (χ1) is 16.9. The lowest BCUT2D eigenvalue weighted by Crippen LogP contribution is -2.44. The predicted molar refractivity (Wildman–Crippen MR) is 138 cm³/mol. The van der Waals surface area contributed by atoms with Gasteiger partial charge < -0.3 is 15.0 Å². The van der Waals surface area contributed by atoms with Crippen LogP contribution in [0, 0.1) is 0 Å². The third kappa shape index (κ3) is 5.51. The van der Waals surface area contributed by atoms with Crippen molar-refractivity contribution in [2.45, 2.75) is 56.6 Å². The predicted octanol–water partition coefficient (Wildman–Crippen LogP) is 6.39. The number of carbonyl (C=O) groups excluding carboxylic acids is 1. The first kappa shape index (κ1) is 26.4. The Bertz CT molecular complexity index is 1360. The van der Waals surface area contributed by atoms with Crippen LogP contribution in [-0.2, 0) is 14.8 Å². The molecule has 1 N–H and O–H groups in total. The largest absolute Gasteiger partial charge is 0.444 e. The van der Waals surface area contributed by atoms with Crippen LogP contribution in [-0.4, -0.2) is 48.1 Å². The molecule has 0 bridgehead atoms. The van der Waals surface area contributed by atoms with Crippen molar-refractivity contribution in [2.24, 2.45) is 0 Å². The van der Waals surface area contributed by atoms with Crippen molar-refractivity contribution in [1.29, 1.82) is 0 Å². The van der Waals surface area contributed by atoms with Gasteiger partial charge in [0.2, 0.25) is 0 Å². The Morgan fingerprint density at radius 1 is 1.11 bits per heavy atom. The first-order valence-corrected chi connectivity index (χ1v) is 13.8. The van der Waals surface area contributed by atoms with Gasteiger partial charge in [-0.2, -0.15) is 0 Å². The van der Waals surface area contributed by atoms with Gasteiger partial charge in [0.25, 0.3) is 16.4 Å². The van der Waals surface area contributed by atoms with Crippen LogP contribution in [0.5, 0.6) is 0 Å². The van der Waals surface area contributed by atoms with E-state index >= 15 is 0 Å². The molecule has 0 saturated carbocycles. The zero-order valence-corrected chi connectivity index (χ0v) is 22.6. The fourth-order valence-corrected chi connectivity index (χ4v) is 5.88. The van der Waals surface area contributed by atoms with Gasteiger partial charge in [-0.3, -0.25) is 0 Å². The number of hydrogen-bond acceptors (Lipinski definition) is 5. The summed E-state index contributed by atoms with van der Waals surface area (Å²) in [4.78, 5) is 14.0. The third-order valence-electron chi connectivity index (χ3n) is 5.94. The Kier molecular flexibility index (Phi) is 7.34. The van der Waals surface area contributed by atoms with Crippen molar-refractivity contribution in [3.63, 3.8) is 0 Å². The van der Waals surface area contributed by atoms with Crippen LogP contribution < -0.4 is 5.32 Å². The number of anilines is 1. The molecule has 0 radical (unpaired) electrons. The summed E-state index contributed by atoms with van der Waals surface area (Å²) in [5.74, 6) is 0. The van der Waals surface area contributed by atoms with Gasteiger partial charge in [0.15, 0.2) is 0 Å². The van der Waals surface area contributed by atoms with Crippen molar-refractivity contribution in [3.05, 3.63) is 58.7 Å². The molecule has 0 unspecified atom stereocenters. The molecule has 3 aromatic rings. The van der Waals surface area contributed by atoms with E-state index in [4.69, 9.17) is 4.74 Å². The van der Waals surface area contributed by atoms with E-state index in [0.29, 0.717) is 36.1 Å². The number of alkyl halides is 2. The van der Waals surface area contributed by atoms with Gasteiger partial charge in [0.05, 0.1) is 10.4 Å². The fraction of sp³-hybridized carbons (Fsp3) is 0.400. The molecule has 2 aromatic carbocycles. The summed E-state index contributed by atoms with van der Waals surface area (Å²) in [7, 11) is -4.10. The number of amides is 1. The summed E-state index contributed by atoms with van der Waals surface area (Å²) in [5, 5.41) is 3.48. The van der Waals surface area contributed by atoms with Gasteiger partial charge >= 0.3 is 6.09 Å². The number of rotatable bonds is 5. The van der Waals surface area contributed by atoms with Crippen LogP contribution in [0.3, 0.4) is 0 Å². The number of hydrogen-bond donors (Lipinski definition) is 1. The number of likely N-dealkylation sites (tertiary alicyclic amines) is 1. The van der Waals surface area contributed by atoms with Crippen molar-refractivity contribution in [2.75, 3.05) is 18.4 Å². The van der Waals surface area contributed by atoms with E-state index < -0.39 is 22.0 Å². The number of nitrogens with one attached hydrogen (secondary N) is 1. The van der Waals surface area contributed by atoms with Crippen LogP contribution in [0.2, 0.25) is 0 Å². The van der Waals surface area contributed by atoms with Crippen LogP contribution in [0.4, 0.5) is 19.3 Å². The zero-order chi connectivity index (χ0) is 26.3. The molecule has 0 atom stereocenters. The number of piperidine rings is 1. The number of carbonyl (C=O) groups is 1. The molecule has 36 heavy (non-hydrogen) atoms. The second-order valence-electron chi connectivity index (χ2n) is 9.73. The fourth-order valence-electron chi connectivity index (χ4n) is 4.25. The van der Waals surface area contributed by atoms with Crippen LogP contribution in [0.1, 0.15) is 45.6 Å².